The number of hydrogen-bond donors (Lipinski definition) is 2. The highest BCUT2D eigenvalue weighted by atomic mass is 16.3. The van der Waals surface area contributed by atoms with Crippen LogP contribution in [0.15, 0.2) is 22.8 Å². The van der Waals surface area contributed by atoms with Gasteiger partial charge in [0.2, 0.25) is 0 Å². The highest BCUT2D eigenvalue weighted by Gasteiger charge is 1.98. The van der Waals surface area contributed by atoms with E-state index in [1.165, 1.54) is 0 Å². The Morgan fingerprint density at radius 2 is 2.25 bits per heavy atom. The number of furan rings is 1. The summed E-state index contributed by atoms with van der Waals surface area (Å²) in [6.45, 7) is 0. The molecule has 1 heterocycles. The van der Waals surface area contributed by atoms with Crippen molar-refractivity contribution in [3.05, 3.63) is 24.2 Å². The van der Waals surface area contributed by atoms with Crippen molar-refractivity contribution in [2.24, 2.45) is 11.5 Å². The third kappa shape index (κ3) is 0.882. The molecule has 0 fully saturated rings. The van der Waals surface area contributed by atoms with Gasteiger partial charge in [0.05, 0.1) is 6.26 Å². The minimum Gasteiger partial charge on any atom is -0.466 e. The van der Waals surface area contributed by atoms with E-state index in [4.69, 9.17) is 15.9 Å². The predicted molar refractivity (Wildman–Crippen MR) is 29.8 cm³/mol. The quantitative estimate of drug-likeness (QED) is 0.510. The van der Waals surface area contributed by atoms with Crippen LogP contribution in [0.4, 0.5) is 0 Å². The maximum Gasteiger partial charge on any atom is 0.134 e. The lowest BCUT2D eigenvalue weighted by Crippen LogP contribution is -2.18. The van der Waals surface area contributed by atoms with Crippen molar-refractivity contribution in [3.8, 4) is 0 Å². The second-order valence-corrected chi connectivity index (χ2v) is 1.54. The lowest BCUT2D eigenvalue weighted by Gasteiger charge is -1.96. The first-order valence-corrected chi connectivity index (χ1v) is 2.35. The molecule has 0 saturated heterocycles. The van der Waals surface area contributed by atoms with E-state index in [1.807, 2.05) is 0 Å². The first-order valence-electron chi connectivity index (χ1n) is 2.35. The molecule has 1 aromatic heterocycles. The van der Waals surface area contributed by atoms with Crippen LogP contribution >= 0.6 is 0 Å². The maximum absolute atomic E-state index is 5.24. The molecule has 0 atom stereocenters. The summed E-state index contributed by atoms with van der Waals surface area (Å²) < 4.78 is 4.84. The van der Waals surface area contributed by atoms with Gasteiger partial charge in [0.25, 0.3) is 0 Å². The van der Waals surface area contributed by atoms with Crippen LogP contribution in [0.2, 0.25) is 0 Å². The fourth-order valence-electron chi connectivity index (χ4n) is 0.481. The normalized spacial score (nSPS) is 10.4. The zero-order chi connectivity index (χ0) is 5.98. The summed E-state index contributed by atoms with van der Waals surface area (Å²) in [5.41, 5.74) is 10.5. The van der Waals surface area contributed by atoms with Crippen molar-refractivity contribution < 1.29 is 4.42 Å². The molecule has 0 spiro atoms. The molecule has 0 aliphatic heterocycles. The Morgan fingerprint density at radius 1 is 1.50 bits per heavy atom. The van der Waals surface area contributed by atoms with Crippen molar-refractivity contribution in [1.29, 1.82) is 0 Å². The Balaban J connectivity index is 2.77. The largest absolute Gasteiger partial charge is 0.466 e. The molecule has 4 N–H and O–H groups in total. The van der Waals surface area contributed by atoms with Crippen molar-refractivity contribution in [1.82, 2.24) is 0 Å². The first-order chi connectivity index (χ1) is 3.80. The fraction of sp³-hybridized carbons (Fsp3) is 0.200. The van der Waals surface area contributed by atoms with Crippen LogP contribution < -0.4 is 11.5 Å². The second-order valence-electron chi connectivity index (χ2n) is 1.54. The average molecular weight is 112 g/mol. The Kier molecular flexibility index (Phi) is 1.32. The van der Waals surface area contributed by atoms with Crippen LogP contribution in [-0.2, 0) is 0 Å². The Labute approximate surface area is 47.3 Å². The van der Waals surface area contributed by atoms with Crippen LogP contribution in [0.1, 0.15) is 11.9 Å². The van der Waals surface area contributed by atoms with Crippen LogP contribution in [0, 0.1) is 0 Å². The minimum absolute atomic E-state index is 0.481. The summed E-state index contributed by atoms with van der Waals surface area (Å²) in [6.07, 6.45) is 1.06. The van der Waals surface area contributed by atoms with E-state index in [9.17, 15) is 0 Å². The highest BCUT2D eigenvalue weighted by Crippen LogP contribution is 2.03. The van der Waals surface area contributed by atoms with Crippen LogP contribution in [0.5, 0.6) is 0 Å². The van der Waals surface area contributed by atoms with Gasteiger partial charge >= 0.3 is 0 Å². The van der Waals surface area contributed by atoms with E-state index in [0.717, 1.165) is 0 Å². The summed E-state index contributed by atoms with van der Waals surface area (Å²) >= 11 is 0. The van der Waals surface area contributed by atoms with Crippen molar-refractivity contribution >= 4 is 0 Å². The van der Waals surface area contributed by atoms with Gasteiger partial charge in [-0.25, -0.2) is 0 Å². The van der Waals surface area contributed by atoms with Gasteiger partial charge in [-0.3, -0.25) is 0 Å². The molecule has 0 aliphatic rings. The molecule has 0 aliphatic carbocycles. The summed E-state index contributed by atoms with van der Waals surface area (Å²) in [4.78, 5) is 0. The van der Waals surface area contributed by atoms with E-state index in [2.05, 4.69) is 0 Å². The lowest BCUT2D eigenvalue weighted by atomic mass is 10.4. The fourth-order valence-corrected chi connectivity index (χ4v) is 0.481. The van der Waals surface area contributed by atoms with Crippen molar-refractivity contribution in [2.75, 3.05) is 0 Å². The number of rotatable bonds is 1. The van der Waals surface area contributed by atoms with Crippen LogP contribution in [-0.4, -0.2) is 0 Å². The van der Waals surface area contributed by atoms with Gasteiger partial charge in [-0.2, -0.15) is 0 Å². The average Bonchev–Trinajstić information content (AvgIpc) is 2.12. The van der Waals surface area contributed by atoms with Gasteiger partial charge in [0.15, 0.2) is 0 Å². The van der Waals surface area contributed by atoms with Gasteiger partial charge in [0.1, 0.15) is 11.9 Å². The zero-order valence-corrected chi connectivity index (χ0v) is 4.37. The molecular weight excluding hydrogens is 104 g/mol. The van der Waals surface area contributed by atoms with Crippen LogP contribution in [0.25, 0.3) is 0 Å². The molecule has 0 aromatic carbocycles. The molecule has 0 radical (unpaired) electrons. The molecule has 3 nitrogen and oxygen atoms in total. The number of hydrogen-bond acceptors (Lipinski definition) is 3. The summed E-state index contributed by atoms with van der Waals surface area (Å²) in [5.74, 6) is 0.616. The maximum atomic E-state index is 5.24. The highest BCUT2D eigenvalue weighted by molar-refractivity contribution is 5.01. The van der Waals surface area contributed by atoms with E-state index in [1.54, 1.807) is 18.4 Å². The van der Waals surface area contributed by atoms with E-state index in [0.29, 0.717) is 5.76 Å². The van der Waals surface area contributed by atoms with E-state index < -0.39 is 6.17 Å². The Morgan fingerprint density at radius 3 is 2.50 bits per heavy atom. The molecule has 1 rings (SSSR count). The Hall–Kier alpha value is -0.800. The third-order valence-electron chi connectivity index (χ3n) is 0.872. The molecule has 44 valence electrons. The minimum atomic E-state index is -0.481. The molecular formula is C5H8N2O. The van der Waals surface area contributed by atoms with E-state index >= 15 is 0 Å². The third-order valence-corrected chi connectivity index (χ3v) is 0.872. The SMILES string of the molecule is NC(N)c1ccco1. The van der Waals surface area contributed by atoms with Crippen molar-refractivity contribution in [3.63, 3.8) is 0 Å². The number of nitrogens with two attached hydrogens (primary N) is 2. The zero-order valence-electron chi connectivity index (χ0n) is 4.37. The summed E-state index contributed by atoms with van der Waals surface area (Å²) in [7, 11) is 0. The molecule has 0 bridgehead atoms. The Bertz CT molecular complexity index is 145. The van der Waals surface area contributed by atoms with Gasteiger partial charge in [-0.05, 0) is 12.1 Å². The lowest BCUT2D eigenvalue weighted by molar-refractivity contribution is 0.472. The predicted octanol–water partition coefficient (Wildman–Crippen LogP) is 0.196. The first kappa shape index (κ1) is 5.34. The van der Waals surface area contributed by atoms with Gasteiger partial charge in [-0.15, -0.1) is 0 Å². The van der Waals surface area contributed by atoms with Crippen LogP contribution in [0.3, 0.4) is 0 Å². The molecule has 0 amide bonds. The van der Waals surface area contributed by atoms with Gasteiger partial charge in [0, 0.05) is 0 Å². The molecule has 3 heteroatoms. The van der Waals surface area contributed by atoms with Crippen molar-refractivity contribution in [2.45, 2.75) is 6.17 Å². The molecule has 8 heavy (non-hydrogen) atoms. The molecule has 1 aromatic rings. The topological polar surface area (TPSA) is 65.2 Å². The summed E-state index contributed by atoms with van der Waals surface area (Å²) in [5, 5.41) is 0. The standard InChI is InChI=1S/C5H8N2O/c6-5(7)4-2-1-3-8-4/h1-3,5H,6-7H2. The smallest absolute Gasteiger partial charge is 0.134 e. The van der Waals surface area contributed by atoms with Gasteiger partial charge in [-0.1, -0.05) is 0 Å². The molecule has 0 unspecified atom stereocenters. The monoisotopic (exact) mass is 112 g/mol. The molecule has 0 saturated carbocycles. The second kappa shape index (κ2) is 1.98. The van der Waals surface area contributed by atoms with E-state index in [-0.39, 0.29) is 0 Å². The van der Waals surface area contributed by atoms with Gasteiger partial charge < -0.3 is 15.9 Å². The summed E-state index contributed by atoms with van der Waals surface area (Å²) in [6, 6.07) is 3.49.